The van der Waals surface area contributed by atoms with Crippen LogP contribution in [-0.4, -0.2) is 0 Å². The maximum absolute atomic E-state index is 3.38. The van der Waals surface area contributed by atoms with Crippen LogP contribution in [0.25, 0.3) is 0 Å². The summed E-state index contributed by atoms with van der Waals surface area (Å²) in [7, 11) is 0. The molecule has 1 nitrogen and oxygen atoms in total. The first kappa shape index (κ1) is 10.5. The summed E-state index contributed by atoms with van der Waals surface area (Å²) in [5.74, 6) is 0. The number of hydrogen-bond acceptors (Lipinski definition) is 1. The minimum Gasteiger partial charge on any atom is -0.381 e. The molecule has 0 radical (unpaired) electrons. The van der Waals surface area contributed by atoms with Crippen molar-refractivity contribution in [2.45, 2.75) is 6.54 Å². The minimum atomic E-state index is 0.876. The first-order valence-electron chi connectivity index (χ1n) is 4.88. The lowest BCUT2D eigenvalue weighted by atomic mass is 10.2. The summed E-state index contributed by atoms with van der Waals surface area (Å²) in [4.78, 5) is 0. The molecule has 0 spiro atoms. The fourth-order valence-corrected chi connectivity index (χ4v) is 1.72. The molecule has 1 N–H and O–H groups in total. The van der Waals surface area contributed by atoms with Crippen molar-refractivity contribution >= 4 is 28.3 Å². The van der Waals surface area contributed by atoms with Gasteiger partial charge >= 0.3 is 0 Å². The van der Waals surface area contributed by atoms with Crippen LogP contribution in [0.15, 0.2) is 54.6 Å². The predicted octanol–water partition coefficient (Wildman–Crippen LogP) is 3.90. The predicted molar refractivity (Wildman–Crippen MR) is 72.9 cm³/mol. The molecule has 0 aliphatic rings. The van der Waals surface area contributed by atoms with Gasteiger partial charge in [-0.05, 0) is 52.4 Å². The van der Waals surface area contributed by atoms with E-state index in [0.717, 1.165) is 12.2 Å². The first-order chi connectivity index (χ1) is 7.34. The number of benzene rings is 2. The zero-order chi connectivity index (χ0) is 10.5. The summed E-state index contributed by atoms with van der Waals surface area (Å²) >= 11 is 2.32. The molecule has 76 valence electrons. The topological polar surface area (TPSA) is 12.0 Å². The minimum absolute atomic E-state index is 0.876. The molecule has 0 aliphatic heterocycles. The van der Waals surface area contributed by atoms with E-state index in [1.165, 1.54) is 9.13 Å². The molecule has 0 aliphatic carbocycles. The third-order valence-electron chi connectivity index (χ3n) is 2.18. The van der Waals surface area contributed by atoms with E-state index in [2.05, 4.69) is 64.3 Å². The van der Waals surface area contributed by atoms with E-state index in [0.29, 0.717) is 0 Å². The van der Waals surface area contributed by atoms with E-state index in [9.17, 15) is 0 Å². The fraction of sp³-hybridized carbons (Fsp3) is 0.0769. The van der Waals surface area contributed by atoms with Crippen LogP contribution in [0.1, 0.15) is 5.56 Å². The van der Waals surface area contributed by atoms with Crippen LogP contribution >= 0.6 is 22.6 Å². The van der Waals surface area contributed by atoms with Gasteiger partial charge in [-0.25, -0.2) is 0 Å². The molecule has 0 saturated carbocycles. The van der Waals surface area contributed by atoms with Gasteiger partial charge in [0, 0.05) is 15.8 Å². The van der Waals surface area contributed by atoms with Crippen LogP contribution in [0.2, 0.25) is 0 Å². The van der Waals surface area contributed by atoms with Gasteiger partial charge in [0.05, 0.1) is 0 Å². The van der Waals surface area contributed by atoms with Gasteiger partial charge in [0.25, 0.3) is 0 Å². The number of anilines is 1. The van der Waals surface area contributed by atoms with E-state index in [4.69, 9.17) is 0 Å². The summed E-state index contributed by atoms with van der Waals surface area (Å²) in [6.45, 7) is 0.876. The second kappa shape index (κ2) is 5.16. The Morgan fingerprint density at radius 1 is 0.867 bits per heavy atom. The zero-order valence-electron chi connectivity index (χ0n) is 8.28. The van der Waals surface area contributed by atoms with Gasteiger partial charge in [-0.3, -0.25) is 0 Å². The first-order valence-corrected chi connectivity index (χ1v) is 5.96. The second-order valence-corrected chi connectivity index (χ2v) is 4.59. The summed E-state index contributed by atoms with van der Waals surface area (Å²) in [5.41, 5.74) is 2.47. The van der Waals surface area contributed by atoms with Gasteiger partial charge in [-0.15, -0.1) is 0 Å². The lowest BCUT2D eigenvalue weighted by Crippen LogP contribution is -1.98. The normalized spacial score (nSPS) is 9.93. The lowest BCUT2D eigenvalue weighted by Gasteiger charge is -2.05. The number of halogens is 1. The molecule has 2 aromatic carbocycles. The molecule has 0 heterocycles. The Morgan fingerprint density at radius 2 is 1.53 bits per heavy atom. The molecule has 0 unspecified atom stereocenters. The van der Waals surface area contributed by atoms with Crippen LogP contribution in [-0.2, 0) is 6.54 Å². The third-order valence-corrected chi connectivity index (χ3v) is 2.90. The summed E-state index contributed by atoms with van der Waals surface area (Å²) in [6.07, 6.45) is 0. The summed E-state index contributed by atoms with van der Waals surface area (Å²) in [6, 6.07) is 18.8. The van der Waals surface area contributed by atoms with Crippen LogP contribution < -0.4 is 5.32 Å². The molecule has 15 heavy (non-hydrogen) atoms. The molecule has 2 heteroatoms. The fourth-order valence-electron chi connectivity index (χ4n) is 1.36. The number of hydrogen-bond donors (Lipinski definition) is 1. The molecule has 0 atom stereocenters. The van der Waals surface area contributed by atoms with Crippen molar-refractivity contribution in [2.75, 3.05) is 5.32 Å². The highest BCUT2D eigenvalue weighted by atomic mass is 127. The SMILES string of the molecule is Ic1ccc(CNc2ccccc2)cc1. The van der Waals surface area contributed by atoms with E-state index in [1.807, 2.05) is 18.2 Å². The largest absolute Gasteiger partial charge is 0.381 e. The van der Waals surface area contributed by atoms with E-state index in [-0.39, 0.29) is 0 Å². The van der Waals surface area contributed by atoms with Gasteiger partial charge in [0.1, 0.15) is 0 Å². The molecule has 0 fully saturated rings. The molecule has 0 amide bonds. The maximum atomic E-state index is 3.38. The van der Waals surface area contributed by atoms with Crippen molar-refractivity contribution in [3.05, 3.63) is 63.7 Å². The number of para-hydroxylation sites is 1. The van der Waals surface area contributed by atoms with E-state index >= 15 is 0 Å². The molecule has 2 aromatic rings. The molecule has 0 saturated heterocycles. The Labute approximate surface area is 104 Å². The van der Waals surface area contributed by atoms with E-state index < -0.39 is 0 Å². The van der Waals surface area contributed by atoms with Gasteiger partial charge in [0.15, 0.2) is 0 Å². The Bertz CT molecular complexity index is 408. The molecule has 0 bridgehead atoms. The Balaban J connectivity index is 1.96. The van der Waals surface area contributed by atoms with Crippen molar-refractivity contribution in [1.29, 1.82) is 0 Å². The maximum Gasteiger partial charge on any atom is 0.0400 e. The van der Waals surface area contributed by atoms with Crippen molar-refractivity contribution in [3.63, 3.8) is 0 Å². The summed E-state index contributed by atoms with van der Waals surface area (Å²) in [5, 5.41) is 3.38. The van der Waals surface area contributed by atoms with Gasteiger partial charge in [-0.1, -0.05) is 30.3 Å². The average molecular weight is 309 g/mol. The van der Waals surface area contributed by atoms with Crippen molar-refractivity contribution in [1.82, 2.24) is 0 Å². The number of nitrogens with one attached hydrogen (secondary N) is 1. The van der Waals surface area contributed by atoms with Gasteiger partial charge in [-0.2, -0.15) is 0 Å². The molecular weight excluding hydrogens is 297 g/mol. The second-order valence-electron chi connectivity index (χ2n) is 3.35. The lowest BCUT2D eigenvalue weighted by molar-refractivity contribution is 1.15. The molecular formula is C13H12IN. The van der Waals surface area contributed by atoms with Crippen molar-refractivity contribution < 1.29 is 0 Å². The van der Waals surface area contributed by atoms with Crippen LogP contribution in [0.3, 0.4) is 0 Å². The summed E-state index contributed by atoms with van der Waals surface area (Å²) < 4.78 is 1.27. The number of rotatable bonds is 3. The van der Waals surface area contributed by atoms with Crippen molar-refractivity contribution in [2.24, 2.45) is 0 Å². The molecule has 0 aromatic heterocycles. The van der Waals surface area contributed by atoms with Crippen LogP contribution in [0.5, 0.6) is 0 Å². The standard InChI is InChI=1S/C13H12IN/c14-12-8-6-11(7-9-12)10-15-13-4-2-1-3-5-13/h1-9,15H,10H2. The Hall–Kier alpha value is -1.03. The smallest absolute Gasteiger partial charge is 0.0400 e. The van der Waals surface area contributed by atoms with Gasteiger partial charge in [0.2, 0.25) is 0 Å². The van der Waals surface area contributed by atoms with Crippen molar-refractivity contribution in [3.8, 4) is 0 Å². The van der Waals surface area contributed by atoms with Crippen LogP contribution in [0.4, 0.5) is 5.69 Å². The Kier molecular flexibility index (Phi) is 3.61. The third kappa shape index (κ3) is 3.23. The van der Waals surface area contributed by atoms with Gasteiger partial charge < -0.3 is 5.32 Å². The Morgan fingerprint density at radius 3 is 2.20 bits per heavy atom. The van der Waals surface area contributed by atoms with E-state index in [1.54, 1.807) is 0 Å². The average Bonchev–Trinajstić information content (AvgIpc) is 2.30. The quantitative estimate of drug-likeness (QED) is 0.848. The monoisotopic (exact) mass is 309 g/mol. The highest BCUT2D eigenvalue weighted by Crippen LogP contribution is 2.10. The highest BCUT2D eigenvalue weighted by Gasteiger charge is 1.93. The highest BCUT2D eigenvalue weighted by molar-refractivity contribution is 14.1. The molecule has 2 rings (SSSR count). The van der Waals surface area contributed by atoms with Crippen LogP contribution in [0, 0.1) is 3.57 Å². The zero-order valence-corrected chi connectivity index (χ0v) is 10.4.